The minimum atomic E-state index is -0.373. The van der Waals surface area contributed by atoms with E-state index in [-0.39, 0.29) is 17.9 Å². The third-order valence-electron chi connectivity index (χ3n) is 6.29. The number of imide groups is 1. The Kier molecular flexibility index (Phi) is 7.96. The van der Waals surface area contributed by atoms with E-state index in [1.165, 1.54) is 24.0 Å². The summed E-state index contributed by atoms with van der Waals surface area (Å²) in [6, 6.07) is 14.9. The van der Waals surface area contributed by atoms with Gasteiger partial charge in [0.15, 0.2) is 0 Å². The molecule has 6 nitrogen and oxygen atoms in total. The molecule has 0 radical (unpaired) electrons. The standard InChI is InChI=1S/C26H31N3O3S/c1-29(23-11-12-25(31)28-26(23)32)15-22-20(16-30)3-2-4-24(22)33-17-19-7-5-18(6-8-19)13-14-27-21-9-10-21/h2-8,16,21,23,27H,9-15,17H2,1H3,(H,28,31,32). The molecule has 7 heteroatoms. The summed E-state index contributed by atoms with van der Waals surface area (Å²) in [4.78, 5) is 38.4. The maximum Gasteiger partial charge on any atom is 0.243 e. The van der Waals surface area contributed by atoms with Crippen molar-refractivity contribution < 1.29 is 14.4 Å². The summed E-state index contributed by atoms with van der Waals surface area (Å²) in [7, 11) is 1.87. The van der Waals surface area contributed by atoms with Crippen LogP contribution in [0.1, 0.15) is 52.7 Å². The average molecular weight is 466 g/mol. The fourth-order valence-electron chi connectivity index (χ4n) is 4.13. The molecule has 1 aliphatic heterocycles. The molecule has 2 aromatic rings. The average Bonchev–Trinajstić information content (AvgIpc) is 3.63. The molecule has 2 aromatic carbocycles. The van der Waals surface area contributed by atoms with Crippen LogP contribution in [0.25, 0.3) is 0 Å². The van der Waals surface area contributed by atoms with Gasteiger partial charge in [-0.3, -0.25) is 24.6 Å². The minimum Gasteiger partial charge on any atom is -0.314 e. The highest BCUT2D eigenvalue weighted by Gasteiger charge is 2.30. The van der Waals surface area contributed by atoms with Gasteiger partial charge in [-0.1, -0.05) is 36.4 Å². The number of piperidine rings is 1. The van der Waals surface area contributed by atoms with Gasteiger partial charge >= 0.3 is 0 Å². The van der Waals surface area contributed by atoms with E-state index in [0.717, 1.165) is 41.5 Å². The molecule has 1 unspecified atom stereocenters. The molecule has 2 amide bonds. The smallest absolute Gasteiger partial charge is 0.243 e. The number of likely N-dealkylation sites (N-methyl/N-ethyl adjacent to an activating group) is 1. The van der Waals surface area contributed by atoms with Crippen LogP contribution < -0.4 is 10.6 Å². The number of rotatable bonds is 11. The topological polar surface area (TPSA) is 78.5 Å². The number of aldehydes is 1. The Labute approximate surface area is 199 Å². The van der Waals surface area contributed by atoms with Crippen LogP contribution in [0.4, 0.5) is 0 Å². The van der Waals surface area contributed by atoms with Crippen LogP contribution in [0, 0.1) is 0 Å². The number of carbonyl (C=O) groups excluding carboxylic acids is 3. The maximum absolute atomic E-state index is 12.3. The van der Waals surface area contributed by atoms with Crippen molar-refractivity contribution >= 4 is 29.9 Å². The number of nitrogens with one attached hydrogen (secondary N) is 2. The van der Waals surface area contributed by atoms with E-state index in [4.69, 9.17) is 0 Å². The van der Waals surface area contributed by atoms with E-state index in [2.05, 4.69) is 34.9 Å². The minimum absolute atomic E-state index is 0.223. The van der Waals surface area contributed by atoms with E-state index in [0.29, 0.717) is 24.9 Å². The molecule has 1 atom stereocenters. The maximum atomic E-state index is 12.3. The van der Waals surface area contributed by atoms with Crippen molar-refractivity contribution in [2.75, 3.05) is 13.6 Å². The summed E-state index contributed by atoms with van der Waals surface area (Å²) < 4.78 is 0. The molecule has 0 spiro atoms. The summed E-state index contributed by atoms with van der Waals surface area (Å²) >= 11 is 1.70. The summed E-state index contributed by atoms with van der Waals surface area (Å²) in [5, 5.41) is 5.96. The summed E-state index contributed by atoms with van der Waals surface area (Å²) in [5.74, 6) is 0.316. The Morgan fingerprint density at radius 1 is 1.09 bits per heavy atom. The van der Waals surface area contributed by atoms with E-state index in [1.54, 1.807) is 11.8 Å². The zero-order chi connectivity index (χ0) is 23.2. The number of amides is 2. The first kappa shape index (κ1) is 23.7. The van der Waals surface area contributed by atoms with Gasteiger partial charge in [-0.25, -0.2) is 0 Å². The van der Waals surface area contributed by atoms with Crippen molar-refractivity contribution in [3.63, 3.8) is 0 Å². The van der Waals surface area contributed by atoms with E-state index >= 15 is 0 Å². The largest absolute Gasteiger partial charge is 0.314 e. The summed E-state index contributed by atoms with van der Waals surface area (Å²) in [6.45, 7) is 1.50. The second-order valence-corrected chi connectivity index (χ2v) is 9.92. The molecule has 1 saturated carbocycles. The molecular formula is C26H31N3O3S. The van der Waals surface area contributed by atoms with Gasteiger partial charge in [0, 0.05) is 35.2 Å². The van der Waals surface area contributed by atoms with Crippen molar-refractivity contribution in [3.05, 3.63) is 64.7 Å². The first-order valence-corrected chi connectivity index (χ1v) is 12.6. The molecular weight excluding hydrogens is 434 g/mol. The van der Waals surface area contributed by atoms with Gasteiger partial charge in [-0.15, -0.1) is 11.8 Å². The number of hydrogen-bond acceptors (Lipinski definition) is 6. The van der Waals surface area contributed by atoms with E-state index in [9.17, 15) is 14.4 Å². The lowest BCUT2D eigenvalue weighted by atomic mass is 10.0. The second-order valence-electron chi connectivity index (χ2n) is 8.91. The van der Waals surface area contributed by atoms with Crippen LogP contribution in [0.5, 0.6) is 0 Å². The van der Waals surface area contributed by atoms with Gasteiger partial charge in [-0.05, 0) is 62.0 Å². The van der Waals surface area contributed by atoms with Gasteiger partial charge in [0.05, 0.1) is 6.04 Å². The quantitative estimate of drug-likeness (QED) is 0.301. The monoisotopic (exact) mass is 465 g/mol. The molecule has 33 heavy (non-hydrogen) atoms. The Bertz CT molecular complexity index is 1000. The molecule has 2 aliphatic rings. The fraction of sp³-hybridized carbons (Fsp3) is 0.423. The molecule has 2 fully saturated rings. The van der Waals surface area contributed by atoms with Crippen molar-refractivity contribution in [2.45, 2.75) is 61.4 Å². The third-order valence-corrected chi connectivity index (χ3v) is 7.46. The van der Waals surface area contributed by atoms with Crippen LogP contribution in [-0.4, -0.2) is 48.7 Å². The first-order valence-electron chi connectivity index (χ1n) is 11.6. The van der Waals surface area contributed by atoms with Crippen LogP contribution in [0.2, 0.25) is 0 Å². The van der Waals surface area contributed by atoms with Gasteiger partial charge < -0.3 is 5.32 Å². The molecule has 174 valence electrons. The lowest BCUT2D eigenvalue weighted by molar-refractivity contribution is -0.137. The Morgan fingerprint density at radius 3 is 2.55 bits per heavy atom. The van der Waals surface area contributed by atoms with Gasteiger partial charge in [0.2, 0.25) is 11.8 Å². The van der Waals surface area contributed by atoms with Crippen LogP contribution >= 0.6 is 11.8 Å². The zero-order valence-electron chi connectivity index (χ0n) is 19.0. The molecule has 1 aliphatic carbocycles. The summed E-state index contributed by atoms with van der Waals surface area (Å²) in [6.07, 6.45) is 5.38. The lowest BCUT2D eigenvalue weighted by Crippen LogP contribution is -2.51. The number of thioether (sulfide) groups is 1. The van der Waals surface area contributed by atoms with Crippen molar-refractivity contribution in [1.82, 2.24) is 15.5 Å². The second kappa shape index (κ2) is 11.1. The van der Waals surface area contributed by atoms with Crippen molar-refractivity contribution in [3.8, 4) is 0 Å². The van der Waals surface area contributed by atoms with Crippen LogP contribution in [-0.2, 0) is 28.3 Å². The number of nitrogens with zero attached hydrogens (tertiary/aromatic N) is 1. The van der Waals surface area contributed by atoms with Crippen molar-refractivity contribution in [2.24, 2.45) is 0 Å². The van der Waals surface area contributed by atoms with Gasteiger partial charge in [0.25, 0.3) is 0 Å². The normalized spacial score (nSPS) is 18.4. The molecule has 1 saturated heterocycles. The predicted molar refractivity (Wildman–Crippen MR) is 130 cm³/mol. The predicted octanol–water partition coefficient (Wildman–Crippen LogP) is 3.32. The highest BCUT2D eigenvalue weighted by atomic mass is 32.2. The highest BCUT2D eigenvalue weighted by Crippen LogP contribution is 2.30. The van der Waals surface area contributed by atoms with Gasteiger partial charge in [0.1, 0.15) is 6.29 Å². The Balaban J connectivity index is 1.38. The fourth-order valence-corrected chi connectivity index (χ4v) is 5.18. The first-order chi connectivity index (χ1) is 16.0. The number of hydrogen-bond donors (Lipinski definition) is 2. The SMILES string of the molecule is CN(Cc1c(C=O)cccc1SCc1ccc(CCNC2CC2)cc1)C1CCC(=O)NC1=O. The number of benzene rings is 2. The Hall–Kier alpha value is -2.48. The molecule has 4 rings (SSSR count). The van der Waals surface area contributed by atoms with Crippen molar-refractivity contribution in [1.29, 1.82) is 0 Å². The highest BCUT2D eigenvalue weighted by molar-refractivity contribution is 7.98. The number of carbonyl (C=O) groups is 3. The Morgan fingerprint density at radius 2 is 1.85 bits per heavy atom. The lowest BCUT2D eigenvalue weighted by Gasteiger charge is -2.30. The molecule has 1 heterocycles. The molecule has 2 N–H and O–H groups in total. The summed E-state index contributed by atoms with van der Waals surface area (Å²) in [5.41, 5.74) is 4.14. The van der Waals surface area contributed by atoms with E-state index in [1.807, 2.05) is 30.1 Å². The molecule has 0 aromatic heterocycles. The van der Waals surface area contributed by atoms with Gasteiger partial charge in [-0.2, -0.15) is 0 Å². The van der Waals surface area contributed by atoms with E-state index < -0.39 is 0 Å². The van der Waals surface area contributed by atoms with Crippen LogP contribution in [0.15, 0.2) is 47.4 Å². The molecule has 0 bridgehead atoms. The van der Waals surface area contributed by atoms with Crippen LogP contribution in [0.3, 0.4) is 0 Å². The zero-order valence-corrected chi connectivity index (χ0v) is 19.8. The third kappa shape index (κ3) is 6.53.